The van der Waals surface area contributed by atoms with E-state index in [4.69, 9.17) is 14.2 Å². The van der Waals surface area contributed by atoms with Gasteiger partial charge in [-0.25, -0.2) is 0 Å². The van der Waals surface area contributed by atoms with Gasteiger partial charge in [-0.2, -0.15) is 0 Å². The van der Waals surface area contributed by atoms with Crippen molar-refractivity contribution in [2.24, 2.45) is 0 Å². The molecule has 0 radical (unpaired) electrons. The average molecular weight is 232 g/mol. The van der Waals surface area contributed by atoms with Crippen LogP contribution in [0.25, 0.3) is 0 Å². The molecule has 1 heterocycles. The first-order chi connectivity index (χ1) is 8.38. The maximum absolute atomic E-state index is 5.44. The maximum Gasteiger partial charge on any atom is 0.118 e. The second-order valence-corrected chi connectivity index (χ2v) is 3.85. The fourth-order valence-electron chi connectivity index (χ4n) is 1.36. The van der Waals surface area contributed by atoms with Gasteiger partial charge in [0, 0.05) is 6.42 Å². The molecule has 1 aromatic rings. The van der Waals surface area contributed by atoms with Crippen molar-refractivity contribution in [3.05, 3.63) is 29.8 Å². The molecule has 0 amide bonds. The predicted molar refractivity (Wildman–Crippen MR) is 64.8 cm³/mol. The zero-order valence-electron chi connectivity index (χ0n) is 9.94. The second kappa shape index (κ2) is 6.29. The fraction of sp³-hybridized carbons (Fsp3) is 0.429. The Hall–Kier alpha value is -1.50. The summed E-state index contributed by atoms with van der Waals surface area (Å²) in [6, 6.07) is 7.83. The number of hydrogen-bond donors (Lipinski definition) is 0. The highest BCUT2D eigenvalue weighted by molar-refractivity contribution is 5.26. The lowest BCUT2D eigenvalue weighted by atomic mass is 10.2. The van der Waals surface area contributed by atoms with Gasteiger partial charge in [0.05, 0.1) is 26.4 Å². The molecule has 0 N–H and O–H groups in total. The van der Waals surface area contributed by atoms with Crippen molar-refractivity contribution in [3.8, 4) is 17.6 Å². The van der Waals surface area contributed by atoms with E-state index in [0.29, 0.717) is 19.3 Å². The highest BCUT2D eigenvalue weighted by Crippen LogP contribution is 2.12. The van der Waals surface area contributed by atoms with Gasteiger partial charge in [0.1, 0.15) is 12.4 Å². The lowest BCUT2D eigenvalue weighted by molar-refractivity contribution is 0.153. The Morgan fingerprint density at radius 3 is 2.71 bits per heavy atom. The molecule has 0 saturated carbocycles. The Kier molecular flexibility index (Phi) is 4.43. The summed E-state index contributed by atoms with van der Waals surface area (Å²) in [6.07, 6.45) is 1.20. The molecule has 0 bridgehead atoms. The number of methoxy groups -OCH3 is 1. The highest BCUT2D eigenvalue weighted by atomic mass is 16.6. The molecule has 0 spiro atoms. The van der Waals surface area contributed by atoms with Gasteiger partial charge in [-0.15, -0.1) is 0 Å². The van der Waals surface area contributed by atoms with Crippen molar-refractivity contribution in [2.45, 2.75) is 19.1 Å². The average Bonchev–Trinajstić information content (AvgIpc) is 3.18. The monoisotopic (exact) mass is 232 g/mol. The maximum atomic E-state index is 5.44. The van der Waals surface area contributed by atoms with E-state index in [2.05, 4.69) is 11.8 Å². The first-order valence-electron chi connectivity index (χ1n) is 5.66. The third-order valence-electron chi connectivity index (χ3n) is 2.46. The Bertz CT molecular complexity index is 396. The number of hydrogen-bond acceptors (Lipinski definition) is 3. The Labute approximate surface area is 102 Å². The standard InChI is InChI=1S/C14H16O3/c1-15-13-7-5-12(6-8-13)10-16-9-3-2-4-14-11-17-14/h5-8,14H,4,9-11H2,1H3. The first-order valence-corrected chi connectivity index (χ1v) is 5.66. The molecule has 3 heteroatoms. The van der Waals surface area contributed by atoms with Gasteiger partial charge in [-0.3, -0.25) is 0 Å². The molecule has 2 rings (SSSR count). The van der Waals surface area contributed by atoms with E-state index in [1.54, 1.807) is 7.11 Å². The third kappa shape index (κ3) is 4.48. The predicted octanol–water partition coefficient (Wildman–Crippen LogP) is 2.00. The topological polar surface area (TPSA) is 31.0 Å². The molecule has 1 saturated heterocycles. The van der Waals surface area contributed by atoms with E-state index in [0.717, 1.165) is 24.3 Å². The van der Waals surface area contributed by atoms with Crippen LogP contribution in [0.5, 0.6) is 5.75 Å². The van der Waals surface area contributed by atoms with E-state index in [-0.39, 0.29) is 0 Å². The summed E-state index contributed by atoms with van der Waals surface area (Å²) in [5, 5.41) is 0. The van der Waals surface area contributed by atoms with Crippen LogP contribution in [-0.2, 0) is 16.1 Å². The molecule has 1 aromatic carbocycles. The van der Waals surface area contributed by atoms with E-state index >= 15 is 0 Å². The molecule has 0 aliphatic carbocycles. The van der Waals surface area contributed by atoms with Crippen LogP contribution in [0.3, 0.4) is 0 Å². The molecular weight excluding hydrogens is 216 g/mol. The largest absolute Gasteiger partial charge is 0.497 e. The zero-order valence-corrected chi connectivity index (χ0v) is 9.94. The van der Waals surface area contributed by atoms with Crippen LogP contribution in [0.2, 0.25) is 0 Å². The van der Waals surface area contributed by atoms with Gasteiger partial charge in [-0.05, 0) is 17.7 Å². The van der Waals surface area contributed by atoms with Crippen LogP contribution in [0, 0.1) is 11.8 Å². The van der Waals surface area contributed by atoms with Crippen molar-refractivity contribution in [3.63, 3.8) is 0 Å². The van der Waals surface area contributed by atoms with E-state index < -0.39 is 0 Å². The van der Waals surface area contributed by atoms with Crippen LogP contribution < -0.4 is 4.74 Å². The van der Waals surface area contributed by atoms with Crippen molar-refractivity contribution in [2.75, 3.05) is 20.3 Å². The molecule has 17 heavy (non-hydrogen) atoms. The van der Waals surface area contributed by atoms with Gasteiger partial charge in [-0.1, -0.05) is 24.0 Å². The summed E-state index contributed by atoms with van der Waals surface area (Å²) in [7, 11) is 1.66. The highest BCUT2D eigenvalue weighted by Gasteiger charge is 2.20. The molecule has 1 aliphatic rings. The fourth-order valence-corrected chi connectivity index (χ4v) is 1.36. The lowest BCUT2D eigenvalue weighted by Crippen LogP contribution is -1.93. The van der Waals surface area contributed by atoms with Crippen LogP contribution in [-0.4, -0.2) is 26.4 Å². The van der Waals surface area contributed by atoms with E-state index in [1.807, 2.05) is 24.3 Å². The molecular formula is C14H16O3. The lowest BCUT2D eigenvalue weighted by Gasteiger charge is -2.02. The summed E-state index contributed by atoms with van der Waals surface area (Å²) in [4.78, 5) is 0. The summed E-state index contributed by atoms with van der Waals surface area (Å²) >= 11 is 0. The molecule has 0 aromatic heterocycles. The number of rotatable bonds is 5. The third-order valence-corrected chi connectivity index (χ3v) is 2.46. The van der Waals surface area contributed by atoms with Gasteiger partial charge in [0.25, 0.3) is 0 Å². The molecule has 1 fully saturated rings. The summed E-state index contributed by atoms with van der Waals surface area (Å²) in [5.41, 5.74) is 1.12. The van der Waals surface area contributed by atoms with Gasteiger partial charge in [0.15, 0.2) is 0 Å². The molecule has 1 unspecified atom stereocenters. The molecule has 1 atom stereocenters. The minimum absolute atomic E-state index is 0.379. The number of epoxide rings is 1. The summed E-state index contributed by atoms with van der Waals surface area (Å²) in [5.74, 6) is 6.86. The second-order valence-electron chi connectivity index (χ2n) is 3.85. The van der Waals surface area contributed by atoms with Crippen molar-refractivity contribution >= 4 is 0 Å². The number of ether oxygens (including phenoxy) is 3. The van der Waals surface area contributed by atoms with Crippen LogP contribution in [0.15, 0.2) is 24.3 Å². The van der Waals surface area contributed by atoms with E-state index in [9.17, 15) is 0 Å². The molecule has 3 nitrogen and oxygen atoms in total. The van der Waals surface area contributed by atoms with Crippen LogP contribution in [0.1, 0.15) is 12.0 Å². The van der Waals surface area contributed by atoms with Crippen molar-refractivity contribution in [1.29, 1.82) is 0 Å². The van der Waals surface area contributed by atoms with Crippen LogP contribution >= 0.6 is 0 Å². The Morgan fingerprint density at radius 2 is 2.06 bits per heavy atom. The zero-order chi connectivity index (χ0) is 11.9. The van der Waals surface area contributed by atoms with Gasteiger partial charge >= 0.3 is 0 Å². The minimum Gasteiger partial charge on any atom is -0.497 e. The SMILES string of the molecule is COc1ccc(COCC#CCC2CO2)cc1. The Morgan fingerprint density at radius 1 is 1.29 bits per heavy atom. The smallest absolute Gasteiger partial charge is 0.118 e. The van der Waals surface area contributed by atoms with Crippen LogP contribution in [0.4, 0.5) is 0 Å². The number of benzene rings is 1. The van der Waals surface area contributed by atoms with E-state index in [1.165, 1.54) is 0 Å². The van der Waals surface area contributed by atoms with Crippen molar-refractivity contribution < 1.29 is 14.2 Å². The molecule has 90 valence electrons. The summed E-state index contributed by atoms with van der Waals surface area (Å²) < 4.78 is 15.6. The van der Waals surface area contributed by atoms with Gasteiger partial charge < -0.3 is 14.2 Å². The minimum atomic E-state index is 0.379. The quantitative estimate of drug-likeness (QED) is 0.442. The first kappa shape index (κ1) is 12.0. The molecule has 1 aliphatic heterocycles. The van der Waals surface area contributed by atoms with Crippen molar-refractivity contribution in [1.82, 2.24) is 0 Å². The normalized spacial score (nSPS) is 17.1. The Balaban J connectivity index is 1.64. The summed E-state index contributed by atoms with van der Waals surface area (Å²) in [6.45, 7) is 1.92. The van der Waals surface area contributed by atoms with Gasteiger partial charge in [0.2, 0.25) is 0 Å².